The van der Waals surface area contributed by atoms with Gasteiger partial charge in [0.1, 0.15) is 0 Å². The van der Waals surface area contributed by atoms with Crippen LogP contribution in [0.4, 0.5) is 0 Å². The van der Waals surface area contributed by atoms with Crippen molar-refractivity contribution < 1.29 is 5.11 Å². The predicted octanol–water partition coefficient (Wildman–Crippen LogP) is 3.46. The second-order valence-corrected chi connectivity index (χ2v) is 5.14. The maximum atomic E-state index is 9.06. The van der Waals surface area contributed by atoms with Gasteiger partial charge in [-0.05, 0) is 36.1 Å². The number of aryl methyl sites for hydroxylation is 1. The van der Waals surface area contributed by atoms with E-state index in [0.717, 1.165) is 10.0 Å². The van der Waals surface area contributed by atoms with Crippen molar-refractivity contribution in [3.05, 3.63) is 33.1 Å². The summed E-state index contributed by atoms with van der Waals surface area (Å²) in [6.07, 6.45) is 0. The molecule has 1 aromatic heterocycles. The zero-order valence-electron chi connectivity index (χ0n) is 7.17. The van der Waals surface area contributed by atoms with Gasteiger partial charge >= 0.3 is 0 Å². The smallest absolute Gasteiger partial charge is 0.0693 e. The highest BCUT2D eigenvalue weighted by Crippen LogP contribution is 2.30. The quantitative estimate of drug-likeness (QED) is 0.829. The molecule has 13 heavy (non-hydrogen) atoms. The number of aliphatic hydroxyl groups is 1. The zero-order valence-corrected chi connectivity index (χ0v) is 9.58. The minimum absolute atomic E-state index is 0.0887. The molecule has 0 fully saturated rings. The molecule has 0 aliphatic rings. The Labute approximate surface area is 89.1 Å². The summed E-state index contributed by atoms with van der Waals surface area (Å²) in [4.78, 5) is 1.30. The number of benzene rings is 1. The highest BCUT2D eigenvalue weighted by molar-refractivity contribution is 9.10. The fourth-order valence-corrected chi connectivity index (χ4v) is 2.93. The second kappa shape index (κ2) is 3.40. The summed E-state index contributed by atoms with van der Waals surface area (Å²) in [6.45, 7) is 2.18. The summed E-state index contributed by atoms with van der Waals surface area (Å²) in [5.74, 6) is 0. The van der Waals surface area contributed by atoms with Gasteiger partial charge in [0.05, 0.1) is 6.61 Å². The summed E-state index contributed by atoms with van der Waals surface area (Å²) in [5.41, 5.74) is 0.949. The van der Waals surface area contributed by atoms with E-state index in [1.165, 1.54) is 15.0 Å². The highest BCUT2D eigenvalue weighted by atomic mass is 79.9. The first-order chi connectivity index (χ1) is 6.20. The van der Waals surface area contributed by atoms with Crippen LogP contribution in [0, 0.1) is 6.92 Å². The molecule has 1 nitrogen and oxygen atoms in total. The van der Waals surface area contributed by atoms with E-state index >= 15 is 0 Å². The number of hydrogen-bond donors (Lipinski definition) is 1. The van der Waals surface area contributed by atoms with E-state index in [2.05, 4.69) is 35.0 Å². The lowest BCUT2D eigenvalue weighted by Crippen LogP contribution is -1.83. The molecule has 0 spiro atoms. The average molecular weight is 257 g/mol. The van der Waals surface area contributed by atoms with Crippen LogP contribution in [0.2, 0.25) is 0 Å². The molecule has 3 heteroatoms. The van der Waals surface area contributed by atoms with Crippen LogP contribution < -0.4 is 0 Å². The molecular weight excluding hydrogens is 248 g/mol. The SMILES string of the molecule is Cc1cc2cc(CO)c(Br)cc2s1. The van der Waals surface area contributed by atoms with Gasteiger partial charge in [0.25, 0.3) is 0 Å². The molecule has 0 radical (unpaired) electrons. The van der Waals surface area contributed by atoms with E-state index in [1.807, 2.05) is 6.07 Å². The predicted molar refractivity (Wildman–Crippen MR) is 60.2 cm³/mol. The Hall–Kier alpha value is -0.380. The molecular formula is C10H9BrOS. The molecule has 68 valence electrons. The fraction of sp³-hybridized carbons (Fsp3) is 0.200. The van der Waals surface area contributed by atoms with Gasteiger partial charge in [-0.2, -0.15) is 0 Å². The third kappa shape index (κ3) is 1.64. The minimum Gasteiger partial charge on any atom is -0.392 e. The number of halogens is 1. The van der Waals surface area contributed by atoms with Crippen LogP contribution in [0.1, 0.15) is 10.4 Å². The second-order valence-electron chi connectivity index (χ2n) is 3.00. The first-order valence-corrected chi connectivity index (χ1v) is 5.61. The van der Waals surface area contributed by atoms with Crippen molar-refractivity contribution in [3.63, 3.8) is 0 Å². The minimum atomic E-state index is 0.0887. The Balaban J connectivity index is 2.72. The molecule has 0 aliphatic carbocycles. The fourth-order valence-electron chi connectivity index (χ4n) is 1.36. The molecule has 0 saturated carbocycles. The molecule has 1 heterocycles. The molecule has 1 aromatic carbocycles. The Morgan fingerprint density at radius 3 is 2.85 bits per heavy atom. The Morgan fingerprint density at radius 1 is 1.38 bits per heavy atom. The van der Waals surface area contributed by atoms with Crippen LogP contribution in [-0.2, 0) is 6.61 Å². The molecule has 0 saturated heterocycles. The van der Waals surface area contributed by atoms with Gasteiger partial charge in [-0.15, -0.1) is 11.3 Å². The van der Waals surface area contributed by atoms with Gasteiger partial charge < -0.3 is 5.11 Å². The van der Waals surface area contributed by atoms with Crippen molar-refractivity contribution in [1.29, 1.82) is 0 Å². The van der Waals surface area contributed by atoms with Crippen molar-refractivity contribution in [3.8, 4) is 0 Å². The molecule has 2 aromatic rings. The summed E-state index contributed by atoms with van der Waals surface area (Å²) in [7, 11) is 0. The van der Waals surface area contributed by atoms with Gasteiger partial charge in [0.2, 0.25) is 0 Å². The molecule has 0 bridgehead atoms. The van der Waals surface area contributed by atoms with Crippen LogP contribution in [0.25, 0.3) is 10.1 Å². The highest BCUT2D eigenvalue weighted by Gasteiger charge is 2.03. The normalized spacial score (nSPS) is 11.0. The Morgan fingerprint density at radius 2 is 2.15 bits per heavy atom. The van der Waals surface area contributed by atoms with Gasteiger partial charge in [0, 0.05) is 14.0 Å². The van der Waals surface area contributed by atoms with E-state index in [0.29, 0.717) is 0 Å². The van der Waals surface area contributed by atoms with E-state index in [9.17, 15) is 0 Å². The molecule has 0 atom stereocenters. The topological polar surface area (TPSA) is 20.2 Å². The zero-order chi connectivity index (χ0) is 9.42. The summed E-state index contributed by atoms with van der Waals surface area (Å²) >= 11 is 5.21. The van der Waals surface area contributed by atoms with Gasteiger partial charge in [-0.25, -0.2) is 0 Å². The molecule has 0 aliphatic heterocycles. The van der Waals surface area contributed by atoms with E-state index < -0.39 is 0 Å². The molecule has 0 unspecified atom stereocenters. The van der Waals surface area contributed by atoms with Crippen LogP contribution in [0.5, 0.6) is 0 Å². The lowest BCUT2D eigenvalue weighted by Gasteiger charge is -1.99. The number of fused-ring (bicyclic) bond motifs is 1. The first-order valence-electron chi connectivity index (χ1n) is 4.00. The lowest BCUT2D eigenvalue weighted by atomic mass is 10.2. The van der Waals surface area contributed by atoms with Crippen LogP contribution in [-0.4, -0.2) is 5.11 Å². The standard InChI is InChI=1S/C10H9BrOS/c1-6-2-7-3-8(5-12)9(11)4-10(7)13-6/h2-4,12H,5H2,1H3. The molecule has 2 rings (SSSR count). The van der Waals surface area contributed by atoms with Crippen LogP contribution in [0.3, 0.4) is 0 Å². The third-order valence-corrected chi connectivity index (χ3v) is 3.73. The lowest BCUT2D eigenvalue weighted by molar-refractivity contribution is 0.281. The molecule has 1 N–H and O–H groups in total. The number of aliphatic hydroxyl groups excluding tert-OH is 1. The van der Waals surface area contributed by atoms with Crippen molar-refractivity contribution in [2.45, 2.75) is 13.5 Å². The molecule has 0 amide bonds. The van der Waals surface area contributed by atoms with Crippen molar-refractivity contribution in [2.75, 3.05) is 0 Å². The van der Waals surface area contributed by atoms with Gasteiger partial charge in [0.15, 0.2) is 0 Å². The van der Waals surface area contributed by atoms with Gasteiger partial charge in [-0.3, -0.25) is 0 Å². The van der Waals surface area contributed by atoms with Crippen LogP contribution >= 0.6 is 27.3 Å². The summed E-state index contributed by atoms with van der Waals surface area (Å²) < 4.78 is 2.26. The maximum Gasteiger partial charge on any atom is 0.0693 e. The first kappa shape index (κ1) is 9.19. The van der Waals surface area contributed by atoms with E-state index in [1.54, 1.807) is 11.3 Å². The Bertz CT molecular complexity index is 447. The van der Waals surface area contributed by atoms with Crippen molar-refractivity contribution in [1.82, 2.24) is 0 Å². The largest absolute Gasteiger partial charge is 0.392 e. The number of hydrogen-bond acceptors (Lipinski definition) is 2. The van der Waals surface area contributed by atoms with Crippen LogP contribution in [0.15, 0.2) is 22.7 Å². The van der Waals surface area contributed by atoms with Crippen molar-refractivity contribution >= 4 is 37.4 Å². The number of rotatable bonds is 1. The van der Waals surface area contributed by atoms with Gasteiger partial charge in [-0.1, -0.05) is 15.9 Å². The average Bonchev–Trinajstić information content (AvgIpc) is 2.42. The van der Waals surface area contributed by atoms with E-state index in [-0.39, 0.29) is 6.61 Å². The van der Waals surface area contributed by atoms with Crippen molar-refractivity contribution in [2.24, 2.45) is 0 Å². The van der Waals surface area contributed by atoms with E-state index in [4.69, 9.17) is 5.11 Å². The monoisotopic (exact) mass is 256 g/mol. The summed E-state index contributed by atoms with van der Waals surface area (Å²) in [6, 6.07) is 6.24. The Kier molecular flexibility index (Phi) is 2.41. The maximum absolute atomic E-state index is 9.06. The number of thiophene rings is 1. The third-order valence-electron chi connectivity index (χ3n) is 1.98. The summed E-state index contributed by atoms with van der Waals surface area (Å²) in [5, 5.41) is 10.3.